The van der Waals surface area contributed by atoms with E-state index in [1.165, 1.54) is 0 Å². The van der Waals surface area contributed by atoms with Gasteiger partial charge in [0.05, 0.1) is 0 Å². The predicted molar refractivity (Wildman–Crippen MR) is 117 cm³/mol. The minimum absolute atomic E-state index is 0.423. The van der Waals surface area contributed by atoms with Crippen molar-refractivity contribution >= 4 is 13.5 Å². The summed E-state index contributed by atoms with van der Waals surface area (Å²) in [6, 6.07) is 20.7. The molecule has 0 radical (unpaired) electrons. The summed E-state index contributed by atoms with van der Waals surface area (Å²) in [7, 11) is -3.86. The Labute approximate surface area is 180 Å². The van der Waals surface area contributed by atoms with Crippen LogP contribution in [0.25, 0.3) is 0 Å². The molecule has 0 aliphatic carbocycles. The second kappa shape index (κ2) is 9.96. The van der Waals surface area contributed by atoms with Crippen molar-refractivity contribution in [3.05, 3.63) is 107 Å². The fourth-order valence-electron chi connectivity index (χ4n) is 3.19. The number of carbonyl (C=O) groups excluding carboxylic acids is 1. The van der Waals surface area contributed by atoms with Gasteiger partial charge in [-0.25, -0.2) is 19.0 Å². The minimum atomic E-state index is -3.86. The summed E-state index contributed by atoms with van der Waals surface area (Å²) in [5.74, 6) is -3.17. The first-order valence-corrected chi connectivity index (χ1v) is 11.5. The molecule has 3 rings (SSSR count). The highest BCUT2D eigenvalue weighted by Gasteiger charge is 2.31. The van der Waals surface area contributed by atoms with Crippen LogP contribution in [0.15, 0.2) is 78.9 Å². The second-order valence-corrected chi connectivity index (χ2v) is 9.13. The smallest absolute Gasteiger partial charge is 0.279 e. The standard InChI is InChI=1S/C23H24F2N3O2P/c1-16(18-10-5-3-6-11-18)26-31(30,27-17(2)19-12-7-4-8-13-19)28-23(29)22-20(24)14-9-15-21(22)25/h3-17H,1-2H3,(H3,26,27,28,29,30)/t16-,17-/m0/s1. The van der Waals surface area contributed by atoms with Gasteiger partial charge >= 0.3 is 7.59 Å². The lowest BCUT2D eigenvalue weighted by molar-refractivity contribution is 0.0971. The van der Waals surface area contributed by atoms with Crippen LogP contribution in [0.2, 0.25) is 0 Å². The zero-order valence-electron chi connectivity index (χ0n) is 17.2. The van der Waals surface area contributed by atoms with Gasteiger partial charge in [0.25, 0.3) is 5.91 Å². The van der Waals surface area contributed by atoms with Gasteiger partial charge in [0.15, 0.2) is 0 Å². The Morgan fingerprint density at radius 2 is 1.16 bits per heavy atom. The Hall–Kier alpha value is -2.86. The first kappa shape index (κ1) is 22.8. The predicted octanol–water partition coefficient (Wildman–Crippen LogP) is 5.50. The largest absolute Gasteiger partial charge is 0.306 e. The van der Waals surface area contributed by atoms with Gasteiger partial charge in [-0.05, 0) is 37.1 Å². The molecule has 0 heterocycles. The third-order valence-electron chi connectivity index (χ3n) is 4.80. The van der Waals surface area contributed by atoms with Crippen molar-refractivity contribution in [2.45, 2.75) is 25.9 Å². The normalized spacial score (nSPS) is 13.4. The molecule has 0 bridgehead atoms. The highest BCUT2D eigenvalue weighted by atomic mass is 31.2. The lowest BCUT2D eigenvalue weighted by Crippen LogP contribution is -2.38. The number of halogens is 2. The van der Waals surface area contributed by atoms with Crippen LogP contribution in [-0.2, 0) is 4.57 Å². The van der Waals surface area contributed by atoms with Crippen LogP contribution in [0, 0.1) is 11.6 Å². The Bertz CT molecular complexity index is 1010. The Kier molecular flexibility index (Phi) is 7.33. The molecule has 162 valence electrons. The first-order chi connectivity index (χ1) is 14.8. The van der Waals surface area contributed by atoms with Gasteiger partial charge in [-0.15, -0.1) is 0 Å². The molecule has 8 heteroatoms. The van der Waals surface area contributed by atoms with E-state index in [4.69, 9.17) is 0 Å². The van der Waals surface area contributed by atoms with E-state index in [9.17, 15) is 18.1 Å². The second-order valence-electron chi connectivity index (χ2n) is 7.17. The molecule has 0 aromatic heterocycles. The van der Waals surface area contributed by atoms with Crippen molar-refractivity contribution in [3.63, 3.8) is 0 Å². The molecule has 5 nitrogen and oxygen atoms in total. The van der Waals surface area contributed by atoms with Crippen LogP contribution < -0.4 is 15.3 Å². The maximum Gasteiger partial charge on any atom is 0.306 e. The van der Waals surface area contributed by atoms with Crippen molar-refractivity contribution in [1.82, 2.24) is 15.3 Å². The fraction of sp³-hybridized carbons (Fsp3) is 0.174. The van der Waals surface area contributed by atoms with E-state index in [0.717, 1.165) is 29.3 Å². The van der Waals surface area contributed by atoms with E-state index < -0.39 is 42.8 Å². The molecule has 1 amide bonds. The summed E-state index contributed by atoms with van der Waals surface area (Å²) in [6.07, 6.45) is 0. The number of amides is 1. The van der Waals surface area contributed by atoms with Crippen LogP contribution in [0.4, 0.5) is 8.78 Å². The van der Waals surface area contributed by atoms with E-state index in [2.05, 4.69) is 15.3 Å². The van der Waals surface area contributed by atoms with Crippen LogP contribution in [0.5, 0.6) is 0 Å². The average molecular weight is 443 g/mol. The van der Waals surface area contributed by atoms with Gasteiger partial charge in [-0.1, -0.05) is 66.7 Å². The summed E-state index contributed by atoms with van der Waals surface area (Å²) in [4.78, 5) is 12.7. The first-order valence-electron chi connectivity index (χ1n) is 9.81. The lowest BCUT2D eigenvalue weighted by Gasteiger charge is -2.28. The maximum atomic E-state index is 14.1. The molecule has 3 aromatic rings. The van der Waals surface area contributed by atoms with Gasteiger partial charge in [0.1, 0.15) is 17.2 Å². The third-order valence-corrected chi connectivity index (χ3v) is 6.82. The molecule has 2 atom stereocenters. The maximum absolute atomic E-state index is 14.1. The van der Waals surface area contributed by atoms with Crippen LogP contribution in [0.3, 0.4) is 0 Å². The molecular weight excluding hydrogens is 419 g/mol. The molecule has 0 fully saturated rings. The molecule has 0 spiro atoms. The van der Waals surface area contributed by atoms with Crippen molar-refractivity contribution in [1.29, 1.82) is 0 Å². The number of carbonyl (C=O) groups is 1. The number of hydrogen-bond donors (Lipinski definition) is 3. The van der Waals surface area contributed by atoms with Gasteiger partial charge in [0.2, 0.25) is 0 Å². The Morgan fingerprint density at radius 1 is 0.742 bits per heavy atom. The monoisotopic (exact) mass is 443 g/mol. The summed E-state index contributed by atoms with van der Waals surface area (Å²) >= 11 is 0. The van der Waals surface area contributed by atoms with Crippen molar-refractivity contribution in [2.75, 3.05) is 0 Å². The molecule has 0 saturated carbocycles. The number of nitrogens with one attached hydrogen (secondary N) is 3. The van der Waals surface area contributed by atoms with Crippen LogP contribution in [-0.4, -0.2) is 5.91 Å². The average Bonchev–Trinajstić information content (AvgIpc) is 2.74. The van der Waals surface area contributed by atoms with Gasteiger partial charge in [-0.2, -0.15) is 0 Å². The topological polar surface area (TPSA) is 70.2 Å². The van der Waals surface area contributed by atoms with Crippen LogP contribution in [0.1, 0.15) is 47.4 Å². The third kappa shape index (κ3) is 5.85. The van der Waals surface area contributed by atoms with Crippen molar-refractivity contribution < 1.29 is 18.1 Å². The molecule has 0 unspecified atom stereocenters. The lowest BCUT2D eigenvalue weighted by atomic mass is 10.1. The van der Waals surface area contributed by atoms with E-state index >= 15 is 0 Å². The zero-order chi connectivity index (χ0) is 22.4. The van der Waals surface area contributed by atoms with Gasteiger partial charge in [0, 0.05) is 12.1 Å². The molecule has 0 aliphatic rings. The molecular formula is C23H24F2N3O2P. The van der Waals surface area contributed by atoms with E-state index in [1.807, 2.05) is 60.7 Å². The Balaban J connectivity index is 1.89. The van der Waals surface area contributed by atoms with E-state index in [0.29, 0.717) is 0 Å². The number of rotatable bonds is 8. The number of benzene rings is 3. The fourth-order valence-corrected chi connectivity index (χ4v) is 5.18. The molecule has 31 heavy (non-hydrogen) atoms. The highest BCUT2D eigenvalue weighted by molar-refractivity contribution is 7.58. The zero-order valence-corrected chi connectivity index (χ0v) is 18.1. The number of hydrogen-bond acceptors (Lipinski definition) is 2. The molecule has 0 aliphatic heterocycles. The summed E-state index contributed by atoms with van der Waals surface area (Å²) in [5, 5.41) is 8.14. The Morgan fingerprint density at radius 3 is 1.58 bits per heavy atom. The highest BCUT2D eigenvalue weighted by Crippen LogP contribution is 2.39. The van der Waals surface area contributed by atoms with Crippen molar-refractivity contribution in [2.24, 2.45) is 0 Å². The quantitative estimate of drug-likeness (QED) is 0.402. The minimum Gasteiger partial charge on any atom is -0.279 e. The van der Waals surface area contributed by atoms with Gasteiger partial charge < -0.3 is 0 Å². The summed E-state index contributed by atoms with van der Waals surface area (Å²) < 4.78 is 42.0. The van der Waals surface area contributed by atoms with Crippen molar-refractivity contribution in [3.8, 4) is 0 Å². The molecule has 0 saturated heterocycles. The van der Waals surface area contributed by atoms with Gasteiger partial charge in [-0.3, -0.25) is 14.4 Å². The van der Waals surface area contributed by atoms with E-state index in [1.54, 1.807) is 13.8 Å². The summed E-state index contributed by atoms with van der Waals surface area (Å²) in [6.45, 7) is 3.57. The molecule has 3 aromatic carbocycles. The SMILES string of the molecule is C[C@H](NP(=O)(NC(=O)c1c(F)cccc1F)N[C@@H](C)c1ccccc1)c1ccccc1. The summed E-state index contributed by atoms with van der Waals surface area (Å²) in [5.41, 5.74) is 0.887. The van der Waals surface area contributed by atoms with E-state index in [-0.39, 0.29) is 0 Å². The molecule has 3 N–H and O–H groups in total. The van der Waals surface area contributed by atoms with Crippen LogP contribution >= 0.6 is 7.59 Å².